The van der Waals surface area contributed by atoms with E-state index in [4.69, 9.17) is 4.52 Å². The molecule has 2 rings (SSSR count). The van der Waals surface area contributed by atoms with Crippen molar-refractivity contribution in [1.29, 1.82) is 0 Å². The molecule has 0 bridgehead atoms. The van der Waals surface area contributed by atoms with Crippen LogP contribution in [0.2, 0.25) is 0 Å². The van der Waals surface area contributed by atoms with E-state index in [1.807, 2.05) is 12.1 Å². The second kappa shape index (κ2) is 7.03. The smallest absolute Gasteiger partial charge is 0.228 e. The summed E-state index contributed by atoms with van der Waals surface area (Å²) in [5.41, 5.74) is 0.149. The summed E-state index contributed by atoms with van der Waals surface area (Å²) in [6.45, 7) is 9.86. The maximum Gasteiger partial charge on any atom is 0.228 e. The van der Waals surface area contributed by atoms with Gasteiger partial charge < -0.3 is 9.84 Å². The summed E-state index contributed by atoms with van der Waals surface area (Å²) in [6, 6.07) is 4.32. The normalized spacial score (nSPS) is 13.6. The van der Waals surface area contributed by atoms with E-state index >= 15 is 0 Å². The summed E-state index contributed by atoms with van der Waals surface area (Å²) < 4.78 is 6.49. The Bertz CT molecular complexity index is 573. The van der Waals surface area contributed by atoms with Crippen LogP contribution in [0.3, 0.4) is 0 Å². The molecule has 0 aliphatic heterocycles. The Hall–Kier alpha value is -0.720. The van der Waals surface area contributed by atoms with Crippen molar-refractivity contribution in [1.82, 2.24) is 15.5 Å². The van der Waals surface area contributed by atoms with Gasteiger partial charge in [-0.05, 0) is 46.4 Å². The summed E-state index contributed by atoms with van der Waals surface area (Å²) in [6.07, 6.45) is 1.87. The van der Waals surface area contributed by atoms with Gasteiger partial charge in [-0.2, -0.15) is 4.98 Å². The standard InChI is InChI=1S/C15H22BrN3OS/c1-5-8-17-11(15(2,3)4)9-13-18-14(19-20-13)10-6-7-12(16)21-10/h6-7,11,17H,5,8-9H2,1-4H3. The van der Waals surface area contributed by atoms with Crippen LogP contribution in [0.1, 0.15) is 40.0 Å². The van der Waals surface area contributed by atoms with Gasteiger partial charge in [0.05, 0.1) is 8.66 Å². The molecule has 1 unspecified atom stereocenters. The average Bonchev–Trinajstić information content (AvgIpc) is 3.01. The number of aromatic nitrogens is 2. The van der Waals surface area contributed by atoms with Crippen LogP contribution in [0.5, 0.6) is 0 Å². The maximum atomic E-state index is 5.42. The second-order valence-electron chi connectivity index (χ2n) is 6.19. The maximum absolute atomic E-state index is 5.42. The van der Waals surface area contributed by atoms with Crippen LogP contribution < -0.4 is 5.32 Å². The second-order valence-corrected chi connectivity index (χ2v) is 8.66. The number of nitrogens with zero attached hydrogens (tertiary/aromatic N) is 2. The quantitative estimate of drug-likeness (QED) is 0.810. The molecule has 2 aromatic rings. The number of hydrogen-bond donors (Lipinski definition) is 1. The third-order valence-corrected chi connectivity index (χ3v) is 4.95. The third kappa shape index (κ3) is 4.63. The van der Waals surface area contributed by atoms with Crippen LogP contribution in [0, 0.1) is 5.41 Å². The van der Waals surface area contributed by atoms with E-state index < -0.39 is 0 Å². The van der Waals surface area contributed by atoms with Crippen molar-refractivity contribution < 1.29 is 4.52 Å². The average molecular weight is 372 g/mol. The summed E-state index contributed by atoms with van der Waals surface area (Å²) in [7, 11) is 0. The van der Waals surface area contributed by atoms with Gasteiger partial charge in [-0.25, -0.2) is 0 Å². The van der Waals surface area contributed by atoms with Crippen molar-refractivity contribution >= 4 is 27.3 Å². The van der Waals surface area contributed by atoms with Crippen molar-refractivity contribution in [3.05, 3.63) is 21.8 Å². The van der Waals surface area contributed by atoms with Crippen LogP contribution in [0.15, 0.2) is 20.4 Å². The Labute approximate surface area is 138 Å². The molecule has 0 fully saturated rings. The van der Waals surface area contributed by atoms with Crippen LogP contribution in [0.25, 0.3) is 10.7 Å². The Morgan fingerprint density at radius 2 is 2.14 bits per heavy atom. The first-order valence-electron chi connectivity index (χ1n) is 7.22. The Morgan fingerprint density at radius 3 is 2.71 bits per heavy atom. The molecule has 0 spiro atoms. The highest BCUT2D eigenvalue weighted by Gasteiger charge is 2.26. The Kier molecular flexibility index (Phi) is 5.57. The number of rotatable bonds is 6. The zero-order chi connectivity index (χ0) is 15.5. The zero-order valence-corrected chi connectivity index (χ0v) is 15.3. The minimum absolute atomic E-state index is 0.149. The lowest BCUT2D eigenvalue weighted by Gasteiger charge is -2.30. The van der Waals surface area contributed by atoms with E-state index in [0.717, 1.165) is 28.0 Å². The van der Waals surface area contributed by atoms with Gasteiger partial charge in [0.2, 0.25) is 11.7 Å². The molecule has 1 atom stereocenters. The third-order valence-electron chi connectivity index (χ3n) is 3.33. The van der Waals surface area contributed by atoms with E-state index in [1.54, 1.807) is 11.3 Å². The number of hydrogen-bond acceptors (Lipinski definition) is 5. The summed E-state index contributed by atoms with van der Waals surface area (Å²) in [4.78, 5) is 5.55. The van der Waals surface area contributed by atoms with Gasteiger partial charge in [0.25, 0.3) is 0 Å². The van der Waals surface area contributed by atoms with Gasteiger partial charge in [0, 0.05) is 12.5 Å². The summed E-state index contributed by atoms with van der Waals surface area (Å²) in [5.74, 6) is 1.36. The lowest BCUT2D eigenvalue weighted by atomic mass is 9.84. The minimum Gasteiger partial charge on any atom is -0.339 e. The first kappa shape index (κ1) is 16.6. The van der Waals surface area contributed by atoms with E-state index in [9.17, 15) is 0 Å². The molecule has 0 saturated heterocycles. The molecular formula is C15H22BrN3OS. The van der Waals surface area contributed by atoms with Gasteiger partial charge in [0.15, 0.2) is 0 Å². The van der Waals surface area contributed by atoms with Gasteiger partial charge in [-0.1, -0.05) is 32.9 Å². The predicted octanol–water partition coefficient (Wildman–Crippen LogP) is 4.52. The molecule has 0 aliphatic carbocycles. The van der Waals surface area contributed by atoms with Crippen molar-refractivity contribution in [3.8, 4) is 10.7 Å². The van der Waals surface area contributed by atoms with E-state index in [-0.39, 0.29) is 5.41 Å². The Morgan fingerprint density at radius 1 is 1.38 bits per heavy atom. The fraction of sp³-hybridized carbons (Fsp3) is 0.600. The fourth-order valence-corrected chi connectivity index (χ4v) is 3.36. The van der Waals surface area contributed by atoms with Crippen LogP contribution in [-0.4, -0.2) is 22.7 Å². The molecule has 0 aliphatic rings. The highest BCUT2D eigenvalue weighted by molar-refractivity contribution is 9.11. The molecule has 0 radical (unpaired) electrons. The molecule has 21 heavy (non-hydrogen) atoms. The van der Waals surface area contributed by atoms with E-state index in [2.05, 4.69) is 59.1 Å². The van der Waals surface area contributed by atoms with Crippen molar-refractivity contribution in [2.75, 3.05) is 6.54 Å². The van der Waals surface area contributed by atoms with Crippen molar-refractivity contribution in [3.63, 3.8) is 0 Å². The van der Waals surface area contributed by atoms with Crippen LogP contribution in [-0.2, 0) is 6.42 Å². The van der Waals surface area contributed by atoms with Crippen molar-refractivity contribution in [2.45, 2.75) is 46.6 Å². The lowest BCUT2D eigenvalue weighted by Crippen LogP contribution is -2.42. The topological polar surface area (TPSA) is 51.0 Å². The molecule has 0 saturated carbocycles. The summed E-state index contributed by atoms with van der Waals surface area (Å²) >= 11 is 5.06. The summed E-state index contributed by atoms with van der Waals surface area (Å²) in [5, 5.41) is 7.67. The number of halogens is 1. The first-order chi connectivity index (χ1) is 9.90. The molecule has 116 valence electrons. The first-order valence-corrected chi connectivity index (χ1v) is 8.82. The van der Waals surface area contributed by atoms with Crippen LogP contribution in [0.4, 0.5) is 0 Å². The van der Waals surface area contributed by atoms with Crippen molar-refractivity contribution in [2.24, 2.45) is 5.41 Å². The monoisotopic (exact) mass is 371 g/mol. The Balaban J connectivity index is 2.09. The molecule has 2 aromatic heterocycles. The molecule has 0 aromatic carbocycles. The molecule has 2 heterocycles. The molecule has 4 nitrogen and oxygen atoms in total. The number of nitrogens with one attached hydrogen (secondary N) is 1. The highest BCUT2D eigenvalue weighted by atomic mass is 79.9. The zero-order valence-electron chi connectivity index (χ0n) is 12.9. The lowest BCUT2D eigenvalue weighted by molar-refractivity contribution is 0.244. The number of thiophene rings is 1. The fourth-order valence-electron chi connectivity index (χ4n) is 2.05. The minimum atomic E-state index is 0.149. The van der Waals surface area contributed by atoms with E-state index in [1.165, 1.54) is 0 Å². The van der Waals surface area contributed by atoms with Crippen LogP contribution >= 0.6 is 27.3 Å². The molecular weight excluding hydrogens is 350 g/mol. The highest BCUT2D eigenvalue weighted by Crippen LogP contribution is 2.30. The van der Waals surface area contributed by atoms with Gasteiger partial charge in [0.1, 0.15) is 0 Å². The van der Waals surface area contributed by atoms with Gasteiger partial charge in [-0.3, -0.25) is 0 Å². The SMILES string of the molecule is CCCNC(Cc1nc(-c2ccc(Br)s2)no1)C(C)(C)C. The van der Waals surface area contributed by atoms with E-state index in [0.29, 0.717) is 17.8 Å². The predicted molar refractivity (Wildman–Crippen MR) is 90.6 cm³/mol. The largest absolute Gasteiger partial charge is 0.339 e. The molecule has 0 amide bonds. The molecule has 1 N–H and O–H groups in total. The van der Waals surface area contributed by atoms with Gasteiger partial charge in [-0.15, -0.1) is 11.3 Å². The van der Waals surface area contributed by atoms with Gasteiger partial charge >= 0.3 is 0 Å². The molecule has 6 heteroatoms.